The van der Waals surface area contributed by atoms with Crippen LogP contribution in [0.2, 0.25) is 0 Å². The standard InChI is InChI=1S/C8H14N2O/c1-4-7(2)10-8(11)5-6-9-3/h1,7,9H,5-6H2,2-3H3,(H,10,11). The van der Waals surface area contributed by atoms with E-state index in [0.717, 1.165) is 0 Å². The van der Waals surface area contributed by atoms with Crippen LogP contribution in [0.25, 0.3) is 0 Å². The van der Waals surface area contributed by atoms with E-state index in [1.165, 1.54) is 0 Å². The van der Waals surface area contributed by atoms with Crippen LogP contribution in [0, 0.1) is 12.3 Å². The van der Waals surface area contributed by atoms with Crippen LogP contribution in [-0.4, -0.2) is 25.5 Å². The molecule has 62 valence electrons. The topological polar surface area (TPSA) is 41.1 Å². The number of hydrogen-bond donors (Lipinski definition) is 2. The van der Waals surface area contributed by atoms with Crippen LogP contribution in [-0.2, 0) is 4.79 Å². The minimum atomic E-state index is -0.167. The number of rotatable bonds is 4. The van der Waals surface area contributed by atoms with Crippen molar-refractivity contribution in [3.63, 3.8) is 0 Å². The predicted molar refractivity (Wildman–Crippen MR) is 45.0 cm³/mol. The number of amides is 1. The van der Waals surface area contributed by atoms with Gasteiger partial charge in [0.15, 0.2) is 0 Å². The van der Waals surface area contributed by atoms with E-state index in [0.29, 0.717) is 13.0 Å². The van der Waals surface area contributed by atoms with Crippen LogP contribution in [0.15, 0.2) is 0 Å². The van der Waals surface area contributed by atoms with Crippen molar-refractivity contribution in [3.8, 4) is 12.3 Å². The lowest BCUT2D eigenvalue weighted by molar-refractivity contribution is -0.121. The van der Waals surface area contributed by atoms with Gasteiger partial charge in [0.25, 0.3) is 0 Å². The highest BCUT2D eigenvalue weighted by atomic mass is 16.1. The summed E-state index contributed by atoms with van der Waals surface area (Å²) in [5, 5.41) is 5.53. The first-order valence-corrected chi connectivity index (χ1v) is 3.60. The van der Waals surface area contributed by atoms with E-state index in [1.807, 2.05) is 0 Å². The molecule has 3 nitrogen and oxygen atoms in total. The van der Waals surface area contributed by atoms with Crippen molar-refractivity contribution >= 4 is 5.91 Å². The molecule has 0 aliphatic rings. The van der Waals surface area contributed by atoms with Crippen molar-refractivity contribution in [1.82, 2.24) is 10.6 Å². The molecule has 0 radical (unpaired) electrons. The van der Waals surface area contributed by atoms with Crippen LogP contribution in [0.5, 0.6) is 0 Å². The number of terminal acetylenes is 1. The second-order valence-corrected chi connectivity index (χ2v) is 2.31. The Bertz CT molecular complexity index is 160. The van der Waals surface area contributed by atoms with E-state index in [9.17, 15) is 4.79 Å². The summed E-state index contributed by atoms with van der Waals surface area (Å²) >= 11 is 0. The lowest BCUT2D eigenvalue weighted by Crippen LogP contribution is -2.32. The van der Waals surface area contributed by atoms with Crippen molar-refractivity contribution in [3.05, 3.63) is 0 Å². The first-order valence-electron chi connectivity index (χ1n) is 3.60. The van der Waals surface area contributed by atoms with Crippen molar-refractivity contribution in [2.75, 3.05) is 13.6 Å². The molecular weight excluding hydrogens is 140 g/mol. The third kappa shape index (κ3) is 5.43. The third-order valence-corrected chi connectivity index (χ3v) is 1.23. The number of nitrogens with one attached hydrogen (secondary N) is 2. The zero-order chi connectivity index (χ0) is 8.69. The molecule has 2 N–H and O–H groups in total. The highest BCUT2D eigenvalue weighted by Gasteiger charge is 2.02. The van der Waals surface area contributed by atoms with Gasteiger partial charge in [0.2, 0.25) is 5.91 Å². The van der Waals surface area contributed by atoms with Crippen molar-refractivity contribution in [2.24, 2.45) is 0 Å². The van der Waals surface area contributed by atoms with E-state index < -0.39 is 0 Å². The Morgan fingerprint density at radius 3 is 2.82 bits per heavy atom. The molecular formula is C8H14N2O. The van der Waals surface area contributed by atoms with Gasteiger partial charge in [-0.05, 0) is 14.0 Å². The molecule has 0 aromatic heterocycles. The molecule has 0 saturated carbocycles. The Balaban J connectivity index is 3.46. The largest absolute Gasteiger partial charge is 0.343 e. The monoisotopic (exact) mass is 154 g/mol. The molecule has 0 aliphatic heterocycles. The van der Waals surface area contributed by atoms with Gasteiger partial charge in [-0.15, -0.1) is 6.42 Å². The molecule has 1 atom stereocenters. The molecule has 0 aliphatic carbocycles. The van der Waals surface area contributed by atoms with E-state index >= 15 is 0 Å². The summed E-state index contributed by atoms with van der Waals surface area (Å²) in [4.78, 5) is 10.9. The number of carbonyl (C=O) groups excluding carboxylic acids is 1. The van der Waals surface area contributed by atoms with E-state index in [1.54, 1.807) is 14.0 Å². The van der Waals surface area contributed by atoms with Crippen molar-refractivity contribution < 1.29 is 4.79 Å². The summed E-state index contributed by atoms with van der Waals surface area (Å²) in [6.45, 7) is 2.46. The summed E-state index contributed by atoms with van der Waals surface area (Å²) < 4.78 is 0. The van der Waals surface area contributed by atoms with Gasteiger partial charge in [-0.3, -0.25) is 4.79 Å². The average molecular weight is 154 g/mol. The van der Waals surface area contributed by atoms with Crippen LogP contribution < -0.4 is 10.6 Å². The molecule has 0 rings (SSSR count). The normalized spacial score (nSPS) is 11.7. The zero-order valence-corrected chi connectivity index (χ0v) is 6.98. The molecule has 3 heteroatoms. The second kappa shape index (κ2) is 5.75. The third-order valence-electron chi connectivity index (χ3n) is 1.23. The van der Waals surface area contributed by atoms with E-state index in [-0.39, 0.29) is 11.9 Å². The molecule has 0 spiro atoms. The molecule has 0 heterocycles. The van der Waals surface area contributed by atoms with Gasteiger partial charge in [0.05, 0.1) is 6.04 Å². The van der Waals surface area contributed by atoms with Crippen LogP contribution in [0.1, 0.15) is 13.3 Å². The molecule has 0 aromatic rings. The quantitative estimate of drug-likeness (QED) is 0.547. The Labute approximate surface area is 67.6 Å². The number of hydrogen-bond acceptors (Lipinski definition) is 2. The highest BCUT2D eigenvalue weighted by molar-refractivity contribution is 5.76. The molecule has 1 amide bonds. The average Bonchev–Trinajstić information content (AvgIpc) is 2.00. The maximum atomic E-state index is 10.9. The maximum absolute atomic E-state index is 10.9. The van der Waals surface area contributed by atoms with Crippen LogP contribution >= 0.6 is 0 Å². The van der Waals surface area contributed by atoms with Gasteiger partial charge in [0, 0.05) is 13.0 Å². The minimum Gasteiger partial charge on any atom is -0.343 e. The van der Waals surface area contributed by atoms with Gasteiger partial charge >= 0.3 is 0 Å². The van der Waals surface area contributed by atoms with Gasteiger partial charge in [-0.1, -0.05) is 5.92 Å². The Hall–Kier alpha value is -1.01. The van der Waals surface area contributed by atoms with E-state index in [4.69, 9.17) is 6.42 Å². The molecule has 0 bridgehead atoms. The minimum absolute atomic E-state index is 0.00944. The lowest BCUT2D eigenvalue weighted by Gasteiger charge is -2.06. The van der Waals surface area contributed by atoms with Crippen LogP contribution in [0.4, 0.5) is 0 Å². The Morgan fingerprint density at radius 2 is 2.36 bits per heavy atom. The van der Waals surface area contributed by atoms with Gasteiger partial charge < -0.3 is 10.6 Å². The molecule has 0 aromatic carbocycles. The van der Waals surface area contributed by atoms with E-state index in [2.05, 4.69) is 16.6 Å². The maximum Gasteiger partial charge on any atom is 0.222 e. The summed E-state index contributed by atoms with van der Waals surface area (Å²) in [6, 6.07) is -0.167. The second-order valence-electron chi connectivity index (χ2n) is 2.31. The highest BCUT2D eigenvalue weighted by Crippen LogP contribution is 1.81. The van der Waals surface area contributed by atoms with Gasteiger partial charge in [-0.2, -0.15) is 0 Å². The molecule has 0 fully saturated rings. The van der Waals surface area contributed by atoms with Crippen LogP contribution in [0.3, 0.4) is 0 Å². The Kier molecular flexibility index (Phi) is 5.22. The molecule has 11 heavy (non-hydrogen) atoms. The van der Waals surface area contributed by atoms with Crippen molar-refractivity contribution in [1.29, 1.82) is 0 Å². The summed E-state index contributed by atoms with van der Waals surface area (Å²) in [5.74, 6) is 2.41. The smallest absolute Gasteiger partial charge is 0.222 e. The predicted octanol–water partition coefficient (Wildman–Crippen LogP) is -0.266. The SMILES string of the molecule is C#CC(C)NC(=O)CCNC. The van der Waals surface area contributed by atoms with Crippen molar-refractivity contribution in [2.45, 2.75) is 19.4 Å². The fraction of sp³-hybridized carbons (Fsp3) is 0.625. The molecule has 0 saturated heterocycles. The fourth-order valence-electron chi connectivity index (χ4n) is 0.594. The molecule has 1 unspecified atom stereocenters. The fourth-order valence-corrected chi connectivity index (χ4v) is 0.594. The zero-order valence-electron chi connectivity index (χ0n) is 6.98. The van der Waals surface area contributed by atoms with Gasteiger partial charge in [-0.25, -0.2) is 0 Å². The van der Waals surface area contributed by atoms with Gasteiger partial charge in [0.1, 0.15) is 0 Å². The number of carbonyl (C=O) groups is 1. The summed E-state index contributed by atoms with van der Waals surface area (Å²) in [5.41, 5.74) is 0. The first-order chi connectivity index (χ1) is 5.20. The summed E-state index contributed by atoms with van der Waals surface area (Å²) in [6.07, 6.45) is 5.54. The lowest BCUT2D eigenvalue weighted by atomic mass is 10.3. The Morgan fingerprint density at radius 1 is 1.73 bits per heavy atom. The summed E-state index contributed by atoms with van der Waals surface area (Å²) in [7, 11) is 1.80. The first kappa shape index (κ1) is 9.99.